The maximum atomic E-state index is 13.2. The quantitative estimate of drug-likeness (QED) is 0.497. The van der Waals surface area contributed by atoms with Crippen LogP contribution in [0, 0.1) is 0 Å². The van der Waals surface area contributed by atoms with E-state index in [4.69, 9.17) is 11.6 Å². The minimum atomic E-state index is 0.0136. The highest BCUT2D eigenvalue weighted by Crippen LogP contribution is 2.37. The standard InChI is InChI=1S/C20H17ClN4OS/c21-17-14-7-1-2-8-15(14)27-18(17)20(26)24-10-5-6-13(12-24)19-23-22-16-9-3-4-11-25(16)19/h1-4,7-9,11,13H,5-6,10,12H2. The number of pyridine rings is 1. The van der Waals surface area contributed by atoms with E-state index >= 15 is 0 Å². The number of piperidine rings is 1. The zero-order chi connectivity index (χ0) is 18.4. The fourth-order valence-electron chi connectivity index (χ4n) is 3.81. The average molecular weight is 397 g/mol. The van der Waals surface area contributed by atoms with Gasteiger partial charge in [0.1, 0.15) is 10.7 Å². The number of aromatic nitrogens is 3. The van der Waals surface area contributed by atoms with Crippen molar-refractivity contribution in [2.75, 3.05) is 13.1 Å². The van der Waals surface area contributed by atoms with E-state index in [1.54, 1.807) is 0 Å². The third-order valence-corrected chi connectivity index (χ3v) is 6.81. The van der Waals surface area contributed by atoms with Crippen LogP contribution in [0.5, 0.6) is 0 Å². The van der Waals surface area contributed by atoms with Crippen molar-refractivity contribution in [3.63, 3.8) is 0 Å². The molecule has 1 aliphatic heterocycles. The number of amides is 1. The van der Waals surface area contributed by atoms with Gasteiger partial charge in [-0.3, -0.25) is 9.20 Å². The van der Waals surface area contributed by atoms with Crippen LogP contribution in [-0.4, -0.2) is 38.5 Å². The first-order valence-electron chi connectivity index (χ1n) is 8.98. The highest BCUT2D eigenvalue weighted by Gasteiger charge is 2.30. The third kappa shape index (κ3) is 2.80. The molecule has 1 amide bonds. The van der Waals surface area contributed by atoms with Crippen LogP contribution >= 0.6 is 22.9 Å². The first-order chi connectivity index (χ1) is 13.2. The highest BCUT2D eigenvalue weighted by atomic mass is 35.5. The molecule has 5 nitrogen and oxygen atoms in total. The Kier molecular flexibility index (Phi) is 4.10. The smallest absolute Gasteiger partial charge is 0.265 e. The summed E-state index contributed by atoms with van der Waals surface area (Å²) in [7, 11) is 0. The zero-order valence-corrected chi connectivity index (χ0v) is 16.1. The van der Waals surface area contributed by atoms with Crippen LogP contribution in [0.25, 0.3) is 15.7 Å². The molecule has 1 aromatic carbocycles. The molecule has 1 unspecified atom stereocenters. The second-order valence-electron chi connectivity index (χ2n) is 6.82. The summed E-state index contributed by atoms with van der Waals surface area (Å²) in [5, 5.41) is 10.2. The maximum absolute atomic E-state index is 13.2. The molecule has 0 spiro atoms. The number of carbonyl (C=O) groups excluding carboxylic acids is 1. The van der Waals surface area contributed by atoms with Crippen molar-refractivity contribution in [3.05, 3.63) is 64.4 Å². The van der Waals surface area contributed by atoms with Gasteiger partial charge in [0, 0.05) is 35.3 Å². The SMILES string of the molecule is O=C(c1sc2ccccc2c1Cl)N1CCCC(c2nnc3ccccn23)C1. The second kappa shape index (κ2) is 6.62. The summed E-state index contributed by atoms with van der Waals surface area (Å²) < 4.78 is 3.06. The van der Waals surface area contributed by atoms with Crippen molar-refractivity contribution < 1.29 is 4.79 Å². The van der Waals surface area contributed by atoms with Crippen molar-refractivity contribution >= 4 is 44.6 Å². The lowest BCUT2D eigenvalue weighted by atomic mass is 9.97. The molecular weight excluding hydrogens is 380 g/mol. The lowest BCUT2D eigenvalue weighted by Gasteiger charge is -2.31. The fraction of sp³-hybridized carbons (Fsp3) is 0.250. The van der Waals surface area contributed by atoms with Crippen molar-refractivity contribution in [2.45, 2.75) is 18.8 Å². The molecule has 1 fully saturated rings. The van der Waals surface area contributed by atoms with Crippen molar-refractivity contribution in [3.8, 4) is 0 Å². The van der Waals surface area contributed by atoms with Gasteiger partial charge in [0.05, 0.1) is 5.02 Å². The topological polar surface area (TPSA) is 50.5 Å². The number of halogens is 1. The van der Waals surface area contributed by atoms with Crippen LogP contribution in [0.15, 0.2) is 48.7 Å². The van der Waals surface area contributed by atoms with Gasteiger partial charge < -0.3 is 4.90 Å². The molecule has 1 atom stereocenters. The fourth-order valence-corrected chi connectivity index (χ4v) is 5.29. The Balaban J connectivity index is 1.45. The molecule has 4 aromatic rings. The molecule has 136 valence electrons. The zero-order valence-electron chi connectivity index (χ0n) is 14.5. The molecule has 5 rings (SSSR count). The highest BCUT2D eigenvalue weighted by molar-refractivity contribution is 7.21. The van der Waals surface area contributed by atoms with Gasteiger partial charge in [-0.1, -0.05) is 35.9 Å². The van der Waals surface area contributed by atoms with E-state index < -0.39 is 0 Å². The Hall–Kier alpha value is -2.44. The molecule has 0 aliphatic carbocycles. The van der Waals surface area contributed by atoms with Crippen LogP contribution < -0.4 is 0 Å². The van der Waals surface area contributed by atoms with Crippen LogP contribution in [-0.2, 0) is 0 Å². The molecule has 0 N–H and O–H groups in total. The van der Waals surface area contributed by atoms with Gasteiger partial charge in [0.2, 0.25) is 0 Å². The predicted molar refractivity (Wildman–Crippen MR) is 108 cm³/mol. The first kappa shape index (κ1) is 16.7. The van der Waals surface area contributed by atoms with Crippen LogP contribution in [0.2, 0.25) is 5.02 Å². The number of likely N-dealkylation sites (tertiary alicyclic amines) is 1. The molecule has 0 saturated carbocycles. The van der Waals surface area contributed by atoms with Crippen molar-refractivity contribution in [2.24, 2.45) is 0 Å². The lowest BCUT2D eigenvalue weighted by Crippen LogP contribution is -2.39. The van der Waals surface area contributed by atoms with Gasteiger partial charge in [-0.15, -0.1) is 21.5 Å². The summed E-state index contributed by atoms with van der Waals surface area (Å²) in [6.07, 6.45) is 3.93. The van der Waals surface area contributed by atoms with E-state index in [1.807, 2.05) is 58.0 Å². The summed E-state index contributed by atoms with van der Waals surface area (Å²) in [5.74, 6) is 1.11. The average Bonchev–Trinajstić information content (AvgIpc) is 3.29. The van der Waals surface area contributed by atoms with Gasteiger partial charge >= 0.3 is 0 Å². The number of nitrogens with zero attached hydrogens (tertiary/aromatic N) is 4. The minimum Gasteiger partial charge on any atom is -0.337 e. The molecule has 0 radical (unpaired) electrons. The van der Waals surface area contributed by atoms with E-state index in [2.05, 4.69) is 10.2 Å². The Labute approximate surface area is 165 Å². The second-order valence-corrected chi connectivity index (χ2v) is 8.25. The molecule has 0 bridgehead atoms. The number of fused-ring (bicyclic) bond motifs is 2. The summed E-state index contributed by atoms with van der Waals surface area (Å²) in [4.78, 5) is 15.7. The van der Waals surface area contributed by atoms with E-state index in [1.165, 1.54) is 11.3 Å². The van der Waals surface area contributed by atoms with Gasteiger partial charge in [-0.25, -0.2) is 0 Å². The molecular formula is C20H17ClN4OS. The molecule has 1 saturated heterocycles. The van der Waals surface area contributed by atoms with E-state index in [-0.39, 0.29) is 11.8 Å². The normalized spacial score (nSPS) is 17.7. The van der Waals surface area contributed by atoms with Gasteiger partial charge in [-0.2, -0.15) is 0 Å². The van der Waals surface area contributed by atoms with Crippen molar-refractivity contribution in [1.82, 2.24) is 19.5 Å². The Bertz CT molecular complexity index is 1150. The predicted octanol–water partition coefficient (Wildman–Crippen LogP) is 4.62. The van der Waals surface area contributed by atoms with E-state index in [9.17, 15) is 4.79 Å². The molecule has 7 heteroatoms. The van der Waals surface area contributed by atoms with Crippen LogP contribution in [0.4, 0.5) is 0 Å². The van der Waals surface area contributed by atoms with Gasteiger partial charge in [0.25, 0.3) is 5.91 Å². The summed E-state index contributed by atoms with van der Waals surface area (Å²) in [6.45, 7) is 1.38. The van der Waals surface area contributed by atoms with E-state index in [0.717, 1.165) is 40.9 Å². The van der Waals surface area contributed by atoms with Crippen LogP contribution in [0.1, 0.15) is 34.3 Å². The Morgan fingerprint density at radius 1 is 1.15 bits per heavy atom. The summed E-state index contributed by atoms with van der Waals surface area (Å²) in [6, 6.07) is 13.8. The number of hydrogen-bond donors (Lipinski definition) is 0. The molecule has 3 aromatic heterocycles. The van der Waals surface area contributed by atoms with E-state index in [0.29, 0.717) is 16.4 Å². The largest absolute Gasteiger partial charge is 0.337 e. The summed E-state index contributed by atoms with van der Waals surface area (Å²) in [5.41, 5.74) is 0.837. The number of thiophene rings is 1. The van der Waals surface area contributed by atoms with Crippen molar-refractivity contribution in [1.29, 1.82) is 0 Å². The molecule has 1 aliphatic rings. The summed E-state index contributed by atoms with van der Waals surface area (Å²) >= 11 is 7.99. The maximum Gasteiger partial charge on any atom is 0.265 e. The Morgan fingerprint density at radius 2 is 2.00 bits per heavy atom. The molecule has 4 heterocycles. The number of hydrogen-bond acceptors (Lipinski definition) is 4. The van der Waals surface area contributed by atoms with Crippen LogP contribution in [0.3, 0.4) is 0 Å². The lowest BCUT2D eigenvalue weighted by molar-refractivity contribution is 0.0709. The monoisotopic (exact) mass is 396 g/mol. The minimum absolute atomic E-state index is 0.0136. The molecule has 27 heavy (non-hydrogen) atoms. The van der Waals surface area contributed by atoms with Gasteiger partial charge in [-0.05, 0) is 31.0 Å². The first-order valence-corrected chi connectivity index (χ1v) is 10.2. The number of benzene rings is 1. The third-order valence-electron chi connectivity index (χ3n) is 5.14. The Morgan fingerprint density at radius 3 is 2.89 bits per heavy atom. The number of rotatable bonds is 2. The number of carbonyl (C=O) groups is 1. The van der Waals surface area contributed by atoms with Gasteiger partial charge in [0.15, 0.2) is 5.65 Å².